The minimum atomic E-state index is 0.149. The Bertz CT molecular complexity index is 604. The molecule has 0 bridgehead atoms. The second-order valence-corrected chi connectivity index (χ2v) is 4.33. The molecule has 2 heterocycles. The van der Waals surface area contributed by atoms with Crippen LogP contribution >= 0.6 is 11.3 Å². The molecule has 0 aliphatic carbocycles. The van der Waals surface area contributed by atoms with Gasteiger partial charge in [-0.05, 0) is 23.6 Å². The number of nitrogens with zero attached hydrogens (tertiary/aromatic N) is 2. The summed E-state index contributed by atoms with van der Waals surface area (Å²) in [6.45, 7) is 0. The Kier molecular flexibility index (Phi) is 1.87. The Morgan fingerprint density at radius 3 is 2.69 bits per heavy atom. The molecule has 0 aliphatic heterocycles. The molecule has 79 valence electrons. The topological polar surface area (TPSA) is 51.8 Å². The first kappa shape index (κ1) is 9.23. The number of fused-ring (bicyclic) bond motifs is 1. The number of thiophene rings is 1. The molecule has 5 heteroatoms. The minimum Gasteiger partial charge on any atom is -0.710 e. The average Bonchev–Trinajstić information content (AvgIpc) is 2.89. The maximum Gasteiger partial charge on any atom is 0.347 e. The van der Waals surface area contributed by atoms with Gasteiger partial charge in [0, 0.05) is 4.73 Å². The molecular formula is C11H7N2O2S. The molecule has 0 amide bonds. The van der Waals surface area contributed by atoms with E-state index in [4.69, 9.17) is 0 Å². The van der Waals surface area contributed by atoms with E-state index < -0.39 is 0 Å². The lowest BCUT2D eigenvalue weighted by Gasteiger charge is -1.99. The van der Waals surface area contributed by atoms with Crippen LogP contribution in [0.2, 0.25) is 0 Å². The molecule has 3 aromatic rings. The molecule has 1 radical (unpaired) electrons. The second-order valence-electron chi connectivity index (χ2n) is 3.38. The quantitative estimate of drug-likeness (QED) is 0.468. The predicted molar refractivity (Wildman–Crippen MR) is 60.3 cm³/mol. The van der Waals surface area contributed by atoms with Gasteiger partial charge in [-0.25, -0.2) is 4.73 Å². The fourth-order valence-electron chi connectivity index (χ4n) is 1.72. The van der Waals surface area contributed by atoms with Crippen LogP contribution in [0.15, 0.2) is 41.8 Å². The number of rotatable bonds is 1. The third kappa shape index (κ3) is 1.12. The molecule has 0 unspecified atom stereocenters. The summed E-state index contributed by atoms with van der Waals surface area (Å²) < 4.78 is 1.38. The van der Waals surface area contributed by atoms with Crippen LogP contribution in [0.25, 0.3) is 21.7 Å². The molecule has 0 spiro atoms. The van der Waals surface area contributed by atoms with Crippen molar-refractivity contribution < 1.29 is 9.94 Å². The van der Waals surface area contributed by atoms with Gasteiger partial charge in [0.15, 0.2) is 5.52 Å². The molecule has 2 aromatic heterocycles. The van der Waals surface area contributed by atoms with Crippen molar-refractivity contribution in [1.82, 2.24) is 4.73 Å². The average molecular weight is 231 g/mol. The summed E-state index contributed by atoms with van der Waals surface area (Å²) in [5, 5.41) is 25.7. The Balaban J connectivity index is 2.42. The minimum absolute atomic E-state index is 0.149. The van der Waals surface area contributed by atoms with Crippen LogP contribution in [0.3, 0.4) is 0 Å². The zero-order chi connectivity index (χ0) is 11.1. The number of hydrogen-bond acceptors (Lipinski definition) is 2. The zero-order valence-corrected chi connectivity index (χ0v) is 8.98. The molecule has 0 aliphatic rings. The van der Waals surface area contributed by atoms with Crippen molar-refractivity contribution in [3.8, 4) is 10.7 Å². The molecule has 0 fully saturated rings. The molecule has 16 heavy (non-hydrogen) atoms. The zero-order valence-electron chi connectivity index (χ0n) is 8.16. The van der Waals surface area contributed by atoms with Crippen molar-refractivity contribution in [3.05, 3.63) is 47.0 Å². The van der Waals surface area contributed by atoms with Crippen LogP contribution in [0.5, 0.6) is 0 Å². The van der Waals surface area contributed by atoms with E-state index >= 15 is 0 Å². The first-order valence-corrected chi connectivity index (χ1v) is 5.61. The normalized spacial score (nSPS) is 11.0. The number of benzene rings is 1. The molecule has 0 saturated heterocycles. The SMILES string of the molecule is [O]n1c(-c2cccs2)[n+]([O-])c2ccccc21. The van der Waals surface area contributed by atoms with Crippen molar-refractivity contribution >= 4 is 22.4 Å². The van der Waals surface area contributed by atoms with Gasteiger partial charge in [-0.3, -0.25) is 0 Å². The summed E-state index contributed by atoms with van der Waals surface area (Å²) in [6, 6.07) is 10.4. The lowest BCUT2D eigenvalue weighted by molar-refractivity contribution is -0.567. The van der Waals surface area contributed by atoms with Gasteiger partial charge in [0.2, 0.25) is 5.52 Å². The van der Waals surface area contributed by atoms with Gasteiger partial charge < -0.3 is 5.21 Å². The van der Waals surface area contributed by atoms with E-state index in [2.05, 4.69) is 0 Å². The smallest absolute Gasteiger partial charge is 0.347 e. The van der Waals surface area contributed by atoms with E-state index in [1.165, 1.54) is 11.3 Å². The van der Waals surface area contributed by atoms with Gasteiger partial charge >= 0.3 is 5.82 Å². The summed E-state index contributed by atoms with van der Waals surface area (Å²) in [5.74, 6) is 0.149. The highest BCUT2D eigenvalue weighted by atomic mass is 32.1. The lowest BCUT2D eigenvalue weighted by Crippen LogP contribution is -2.27. The second kappa shape index (κ2) is 3.24. The monoisotopic (exact) mass is 231 g/mol. The van der Waals surface area contributed by atoms with Crippen LogP contribution < -0.4 is 4.73 Å². The predicted octanol–water partition coefficient (Wildman–Crippen LogP) is 2.20. The highest BCUT2D eigenvalue weighted by molar-refractivity contribution is 7.13. The number of imidazole rings is 1. The molecule has 4 nitrogen and oxygen atoms in total. The van der Waals surface area contributed by atoms with Crippen molar-refractivity contribution in [3.63, 3.8) is 0 Å². The highest BCUT2D eigenvalue weighted by Crippen LogP contribution is 2.25. The summed E-state index contributed by atoms with van der Waals surface area (Å²) in [5.41, 5.74) is 0.807. The molecule has 0 N–H and O–H groups in total. The van der Waals surface area contributed by atoms with E-state index in [1.807, 2.05) is 11.4 Å². The third-order valence-corrected chi connectivity index (χ3v) is 3.31. The number of hydrogen-bond donors (Lipinski definition) is 0. The Morgan fingerprint density at radius 2 is 2.00 bits per heavy atom. The van der Waals surface area contributed by atoms with Crippen LogP contribution in [0.1, 0.15) is 0 Å². The van der Waals surface area contributed by atoms with Gasteiger partial charge in [-0.1, -0.05) is 23.4 Å². The fourth-order valence-corrected chi connectivity index (χ4v) is 2.46. The largest absolute Gasteiger partial charge is 0.710 e. The molecule has 0 saturated carbocycles. The van der Waals surface area contributed by atoms with Crippen molar-refractivity contribution in [1.29, 1.82) is 0 Å². The van der Waals surface area contributed by atoms with E-state index in [1.54, 1.807) is 30.3 Å². The van der Waals surface area contributed by atoms with Gasteiger partial charge in [0.25, 0.3) is 0 Å². The summed E-state index contributed by atoms with van der Waals surface area (Å²) >= 11 is 1.38. The Labute approximate surface area is 95.2 Å². The van der Waals surface area contributed by atoms with Crippen molar-refractivity contribution in [2.24, 2.45) is 0 Å². The molecule has 1 aromatic carbocycles. The first-order chi connectivity index (χ1) is 7.79. The summed E-state index contributed by atoms with van der Waals surface area (Å²) in [7, 11) is 0. The Hall–Kier alpha value is -2.01. The van der Waals surface area contributed by atoms with Crippen molar-refractivity contribution in [2.45, 2.75) is 0 Å². The van der Waals surface area contributed by atoms with Crippen LogP contribution in [0.4, 0.5) is 0 Å². The van der Waals surface area contributed by atoms with Gasteiger partial charge in [0.1, 0.15) is 4.88 Å². The van der Waals surface area contributed by atoms with Gasteiger partial charge in [-0.15, -0.1) is 11.3 Å². The van der Waals surface area contributed by atoms with E-state index in [0.717, 1.165) is 0 Å². The molecular weight excluding hydrogens is 224 g/mol. The molecule has 0 atom stereocenters. The summed E-state index contributed by atoms with van der Waals surface area (Å²) in [6.07, 6.45) is 0. The third-order valence-electron chi connectivity index (χ3n) is 2.45. The lowest BCUT2D eigenvalue weighted by atomic mass is 10.3. The number of aromatic nitrogens is 2. The fraction of sp³-hybridized carbons (Fsp3) is 0. The van der Waals surface area contributed by atoms with Gasteiger partial charge in [0.05, 0.1) is 0 Å². The van der Waals surface area contributed by atoms with Crippen LogP contribution in [-0.4, -0.2) is 4.73 Å². The number of para-hydroxylation sites is 2. The van der Waals surface area contributed by atoms with Crippen LogP contribution in [0, 0.1) is 5.21 Å². The Morgan fingerprint density at radius 1 is 1.19 bits per heavy atom. The van der Waals surface area contributed by atoms with Crippen LogP contribution in [-0.2, 0) is 5.21 Å². The van der Waals surface area contributed by atoms with E-state index in [9.17, 15) is 10.4 Å². The van der Waals surface area contributed by atoms with E-state index in [-0.39, 0.29) is 5.82 Å². The standard InChI is InChI=1S/C11H7N2O2S/c14-12-8-4-1-2-5-9(8)13(15)11(12)10-6-3-7-16-10/h1-7H. The van der Waals surface area contributed by atoms with Gasteiger partial charge in [-0.2, -0.15) is 0 Å². The van der Waals surface area contributed by atoms with E-state index in [0.29, 0.717) is 25.4 Å². The molecule has 3 rings (SSSR count). The first-order valence-electron chi connectivity index (χ1n) is 4.73. The summed E-state index contributed by atoms with van der Waals surface area (Å²) in [4.78, 5) is 0.682. The maximum atomic E-state index is 12.0. The maximum absolute atomic E-state index is 12.0. The highest BCUT2D eigenvalue weighted by Gasteiger charge is 2.24. The van der Waals surface area contributed by atoms with Crippen molar-refractivity contribution in [2.75, 3.05) is 0 Å².